The molecule has 0 unspecified atom stereocenters. The van der Waals surface area contributed by atoms with Gasteiger partial charge in [0.25, 0.3) is 5.91 Å². The highest BCUT2D eigenvalue weighted by atomic mass is 16.4. The van der Waals surface area contributed by atoms with Gasteiger partial charge in [0, 0.05) is 18.2 Å². The third kappa shape index (κ3) is 3.14. The van der Waals surface area contributed by atoms with Crippen molar-refractivity contribution in [2.75, 3.05) is 6.54 Å². The van der Waals surface area contributed by atoms with Crippen LogP contribution in [0.25, 0.3) is 17.4 Å². The van der Waals surface area contributed by atoms with E-state index in [4.69, 9.17) is 9.52 Å². The number of nitrogens with zero attached hydrogens (tertiary/aromatic N) is 1. The standard InChI is InChI=1S/C19H16N2O5/c1-3-8-21-17(22)15(20-19(21)25)10-13-5-7-16(26-13)14-6-4-12(18(23)24)9-11(14)2/h3-7,9-10H,1,8H2,2H3,(H,20,25)(H,23,24)/b15-10-. The fourth-order valence-corrected chi connectivity index (χ4v) is 2.66. The van der Waals surface area contributed by atoms with Crippen LogP contribution in [0.3, 0.4) is 0 Å². The molecule has 0 saturated carbocycles. The van der Waals surface area contributed by atoms with Gasteiger partial charge in [0.1, 0.15) is 17.2 Å². The summed E-state index contributed by atoms with van der Waals surface area (Å²) in [6.45, 7) is 5.43. The molecule has 1 aromatic heterocycles. The van der Waals surface area contributed by atoms with Gasteiger partial charge in [-0.2, -0.15) is 0 Å². The molecule has 1 aliphatic rings. The van der Waals surface area contributed by atoms with Gasteiger partial charge in [0.05, 0.1) is 5.56 Å². The number of carbonyl (C=O) groups is 3. The van der Waals surface area contributed by atoms with Gasteiger partial charge < -0.3 is 14.8 Å². The topological polar surface area (TPSA) is 99.8 Å². The summed E-state index contributed by atoms with van der Waals surface area (Å²) in [5, 5.41) is 11.5. The summed E-state index contributed by atoms with van der Waals surface area (Å²) in [6, 6.07) is 7.61. The average molecular weight is 352 g/mol. The number of carboxylic acids is 1. The third-order valence-corrected chi connectivity index (χ3v) is 3.93. The van der Waals surface area contributed by atoms with Crippen LogP contribution in [0.2, 0.25) is 0 Å². The fraction of sp³-hybridized carbons (Fsp3) is 0.105. The van der Waals surface area contributed by atoms with E-state index >= 15 is 0 Å². The molecule has 0 radical (unpaired) electrons. The Balaban J connectivity index is 1.87. The van der Waals surface area contributed by atoms with Gasteiger partial charge in [0.2, 0.25) is 0 Å². The molecule has 0 aliphatic carbocycles. The lowest BCUT2D eigenvalue weighted by Crippen LogP contribution is -2.30. The minimum Gasteiger partial charge on any atom is -0.478 e. The van der Waals surface area contributed by atoms with Crippen molar-refractivity contribution < 1.29 is 23.9 Å². The molecule has 7 nitrogen and oxygen atoms in total. The van der Waals surface area contributed by atoms with Crippen LogP contribution < -0.4 is 5.32 Å². The number of urea groups is 1. The predicted molar refractivity (Wildman–Crippen MR) is 94.3 cm³/mol. The van der Waals surface area contributed by atoms with Crippen LogP contribution in [-0.2, 0) is 4.79 Å². The molecule has 1 fully saturated rings. The SMILES string of the molecule is C=CCN1C(=O)N/C(=C\c2ccc(-c3ccc(C(=O)O)cc3C)o2)C1=O. The number of carbonyl (C=O) groups excluding carboxylic acids is 2. The number of rotatable bonds is 5. The van der Waals surface area contributed by atoms with Gasteiger partial charge in [-0.3, -0.25) is 9.69 Å². The van der Waals surface area contributed by atoms with Crippen molar-refractivity contribution in [1.82, 2.24) is 10.2 Å². The molecule has 2 aromatic rings. The van der Waals surface area contributed by atoms with Crippen LogP contribution in [0.5, 0.6) is 0 Å². The molecule has 3 rings (SSSR count). The normalized spacial score (nSPS) is 15.4. The van der Waals surface area contributed by atoms with Gasteiger partial charge in [-0.25, -0.2) is 9.59 Å². The maximum absolute atomic E-state index is 12.2. The number of hydrogen-bond acceptors (Lipinski definition) is 4. The molecule has 1 aliphatic heterocycles. The van der Waals surface area contributed by atoms with E-state index in [0.29, 0.717) is 11.5 Å². The van der Waals surface area contributed by atoms with E-state index in [1.54, 1.807) is 31.2 Å². The van der Waals surface area contributed by atoms with Crippen LogP contribution in [0.4, 0.5) is 4.79 Å². The Hall–Kier alpha value is -3.61. The lowest BCUT2D eigenvalue weighted by Gasteiger charge is -2.06. The average Bonchev–Trinajstić information content (AvgIpc) is 3.15. The molecule has 1 saturated heterocycles. The number of hydrogen-bond donors (Lipinski definition) is 2. The lowest BCUT2D eigenvalue weighted by molar-refractivity contribution is -0.122. The summed E-state index contributed by atoms with van der Waals surface area (Å²) in [5.74, 6) is -0.518. The van der Waals surface area contributed by atoms with Crippen LogP contribution in [-0.4, -0.2) is 34.5 Å². The third-order valence-electron chi connectivity index (χ3n) is 3.93. The molecular formula is C19H16N2O5. The highest BCUT2D eigenvalue weighted by molar-refractivity contribution is 6.13. The number of furan rings is 1. The molecule has 0 spiro atoms. The Kier molecular flexibility index (Phi) is 4.45. The zero-order valence-electron chi connectivity index (χ0n) is 14.0. The summed E-state index contributed by atoms with van der Waals surface area (Å²) in [7, 11) is 0. The number of carboxylic acid groups (broad SMARTS) is 1. The first-order valence-electron chi connectivity index (χ1n) is 7.80. The second-order valence-electron chi connectivity index (χ2n) is 5.73. The van der Waals surface area contributed by atoms with E-state index < -0.39 is 17.9 Å². The van der Waals surface area contributed by atoms with E-state index in [0.717, 1.165) is 16.0 Å². The number of aromatic carboxylic acids is 1. The van der Waals surface area contributed by atoms with Crippen molar-refractivity contribution in [3.8, 4) is 11.3 Å². The van der Waals surface area contributed by atoms with Crippen LogP contribution in [0.15, 0.2) is 53.1 Å². The van der Waals surface area contributed by atoms with Gasteiger partial charge in [0.15, 0.2) is 0 Å². The molecule has 2 N–H and O–H groups in total. The highest BCUT2D eigenvalue weighted by Gasteiger charge is 2.32. The molecule has 1 aromatic carbocycles. The number of amides is 3. The van der Waals surface area contributed by atoms with E-state index in [2.05, 4.69) is 11.9 Å². The van der Waals surface area contributed by atoms with Crippen molar-refractivity contribution in [2.24, 2.45) is 0 Å². The van der Waals surface area contributed by atoms with E-state index in [1.165, 1.54) is 18.2 Å². The first-order chi connectivity index (χ1) is 12.4. The Morgan fingerprint density at radius 2 is 2.08 bits per heavy atom. The summed E-state index contributed by atoms with van der Waals surface area (Å²) in [5.41, 5.74) is 1.81. The Morgan fingerprint density at radius 1 is 1.31 bits per heavy atom. The number of nitrogens with one attached hydrogen (secondary N) is 1. The van der Waals surface area contributed by atoms with Crippen molar-refractivity contribution in [1.29, 1.82) is 0 Å². The zero-order valence-corrected chi connectivity index (χ0v) is 14.0. The minimum absolute atomic E-state index is 0.121. The van der Waals surface area contributed by atoms with Crippen LogP contribution in [0, 0.1) is 6.92 Å². The smallest absolute Gasteiger partial charge is 0.335 e. The summed E-state index contributed by atoms with van der Waals surface area (Å²) in [4.78, 5) is 36.0. The van der Waals surface area contributed by atoms with Gasteiger partial charge in [-0.15, -0.1) is 6.58 Å². The van der Waals surface area contributed by atoms with E-state index in [1.807, 2.05) is 0 Å². The Morgan fingerprint density at radius 3 is 2.73 bits per heavy atom. The minimum atomic E-state index is -0.996. The molecule has 3 amide bonds. The second-order valence-corrected chi connectivity index (χ2v) is 5.73. The van der Waals surface area contributed by atoms with E-state index in [9.17, 15) is 14.4 Å². The van der Waals surface area contributed by atoms with Gasteiger partial charge in [-0.05, 0) is 36.8 Å². The number of aryl methyl sites for hydroxylation is 1. The lowest BCUT2D eigenvalue weighted by atomic mass is 10.0. The number of imide groups is 1. The number of benzene rings is 1. The van der Waals surface area contributed by atoms with Crippen LogP contribution >= 0.6 is 0 Å². The summed E-state index contributed by atoms with van der Waals surface area (Å²) in [6.07, 6.45) is 2.92. The molecule has 7 heteroatoms. The molecule has 132 valence electrons. The quantitative estimate of drug-likeness (QED) is 0.489. The zero-order chi connectivity index (χ0) is 18.8. The fourth-order valence-electron chi connectivity index (χ4n) is 2.66. The van der Waals surface area contributed by atoms with Crippen LogP contribution in [0.1, 0.15) is 21.7 Å². The molecule has 2 heterocycles. The van der Waals surface area contributed by atoms with Crippen molar-refractivity contribution in [2.45, 2.75) is 6.92 Å². The molecule has 0 bridgehead atoms. The summed E-state index contributed by atoms with van der Waals surface area (Å²) < 4.78 is 5.73. The van der Waals surface area contributed by atoms with E-state index in [-0.39, 0.29) is 17.8 Å². The molecule has 0 atom stereocenters. The monoisotopic (exact) mass is 352 g/mol. The highest BCUT2D eigenvalue weighted by Crippen LogP contribution is 2.27. The van der Waals surface area contributed by atoms with Gasteiger partial charge >= 0.3 is 12.0 Å². The van der Waals surface area contributed by atoms with Crippen molar-refractivity contribution in [3.05, 3.63) is 65.6 Å². The summed E-state index contributed by atoms with van der Waals surface area (Å²) >= 11 is 0. The largest absolute Gasteiger partial charge is 0.478 e. The first kappa shape index (κ1) is 17.2. The Bertz CT molecular complexity index is 955. The van der Waals surface area contributed by atoms with Crippen molar-refractivity contribution in [3.63, 3.8) is 0 Å². The maximum Gasteiger partial charge on any atom is 0.335 e. The predicted octanol–water partition coefficient (Wildman–Crippen LogP) is 3.03. The maximum atomic E-state index is 12.2. The van der Waals surface area contributed by atoms with Gasteiger partial charge in [-0.1, -0.05) is 12.1 Å². The first-order valence-corrected chi connectivity index (χ1v) is 7.80. The second kappa shape index (κ2) is 6.72. The van der Waals surface area contributed by atoms with Crippen molar-refractivity contribution >= 4 is 24.0 Å². The molecule has 26 heavy (non-hydrogen) atoms. The molecular weight excluding hydrogens is 336 g/mol. The Labute approximate surface area is 149 Å².